The quantitative estimate of drug-likeness (QED) is 0.737. The molecule has 1 aliphatic heterocycles. The van der Waals surface area contributed by atoms with Crippen molar-refractivity contribution in [2.24, 2.45) is 5.92 Å². The Morgan fingerprint density at radius 1 is 1.15 bits per heavy atom. The Labute approximate surface area is 170 Å². The number of hydrogen-bond donors (Lipinski definition) is 2. The summed E-state index contributed by atoms with van der Waals surface area (Å²) in [6.45, 7) is 1.80. The van der Waals surface area contributed by atoms with E-state index in [1.807, 2.05) is 0 Å². The van der Waals surface area contributed by atoms with Crippen molar-refractivity contribution >= 4 is 53.1 Å². The predicted molar refractivity (Wildman–Crippen MR) is 107 cm³/mol. The molecule has 5 nitrogen and oxygen atoms in total. The predicted octanol–water partition coefficient (Wildman–Crippen LogP) is 3.73. The van der Waals surface area contributed by atoms with Crippen molar-refractivity contribution in [3.8, 4) is 0 Å². The Morgan fingerprint density at radius 3 is 2.62 bits per heavy atom. The molecule has 1 heterocycles. The zero-order valence-electron chi connectivity index (χ0n) is 14.5. The van der Waals surface area contributed by atoms with E-state index in [9.17, 15) is 9.59 Å². The first-order valence-corrected chi connectivity index (χ1v) is 9.56. The lowest BCUT2D eigenvalue weighted by atomic mass is 10.0. The number of halogens is 3. The second-order valence-electron chi connectivity index (χ2n) is 6.79. The van der Waals surface area contributed by atoms with Gasteiger partial charge in [0.2, 0.25) is 11.8 Å². The summed E-state index contributed by atoms with van der Waals surface area (Å²) in [5.74, 6) is 0.516. The van der Waals surface area contributed by atoms with Crippen LogP contribution < -0.4 is 10.6 Å². The number of benzene rings is 1. The van der Waals surface area contributed by atoms with Crippen molar-refractivity contribution in [2.75, 3.05) is 25.0 Å². The van der Waals surface area contributed by atoms with Gasteiger partial charge < -0.3 is 15.5 Å². The summed E-state index contributed by atoms with van der Waals surface area (Å²) < 4.78 is 0. The molecular weight excluding hydrogens is 397 g/mol. The number of piperidine rings is 1. The molecule has 0 spiro atoms. The highest BCUT2D eigenvalue weighted by atomic mass is 35.5. The van der Waals surface area contributed by atoms with Crippen molar-refractivity contribution in [2.45, 2.75) is 38.1 Å². The molecule has 1 saturated carbocycles. The van der Waals surface area contributed by atoms with E-state index in [1.54, 1.807) is 23.1 Å². The minimum absolute atomic E-state index is 0. The van der Waals surface area contributed by atoms with E-state index in [0.29, 0.717) is 35.2 Å². The van der Waals surface area contributed by atoms with E-state index in [2.05, 4.69) is 10.6 Å². The second kappa shape index (κ2) is 9.79. The minimum atomic E-state index is -0.448. The molecule has 1 aromatic carbocycles. The average Bonchev–Trinajstić information content (AvgIpc) is 3.41. The Kier molecular flexibility index (Phi) is 8.02. The smallest absolute Gasteiger partial charge is 0.247 e. The summed E-state index contributed by atoms with van der Waals surface area (Å²) >= 11 is 12.0. The lowest BCUT2D eigenvalue weighted by Crippen LogP contribution is -2.52. The van der Waals surface area contributed by atoms with Gasteiger partial charge in [-0.3, -0.25) is 9.59 Å². The third-order valence-corrected chi connectivity index (χ3v) is 5.27. The van der Waals surface area contributed by atoms with Crippen LogP contribution in [0.15, 0.2) is 18.2 Å². The molecule has 0 radical (unpaired) electrons. The first kappa shape index (κ1) is 21.3. The van der Waals surface area contributed by atoms with Crippen LogP contribution in [0.25, 0.3) is 0 Å². The van der Waals surface area contributed by atoms with E-state index in [1.165, 1.54) is 12.8 Å². The van der Waals surface area contributed by atoms with E-state index in [0.717, 1.165) is 25.3 Å². The lowest BCUT2D eigenvalue weighted by molar-refractivity contribution is -0.139. The van der Waals surface area contributed by atoms with Crippen LogP contribution in [0.3, 0.4) is 0 Å². The van der Waals surface area contributed by atoms with Gasteiger partial charge in [0.1, 0.15) is 6.04 Å². The van der Waals surface area contributed by atoms with Crippen molar-refractivity contribution in [3.63, 3.8) is 0 Å². The van der Waals surface area contributed by atoms with Crippen LogP contribution in [0, 0.1) is 5.92 Å². The van der Waals surface area contributed by atoms with E-state index < -0.39 is 6.04 Å². The van der Waals surface area contributed by atoms with Crippen molar-refractivity contribution in [1.82, 2.24) is 10.2 Å². The molecule has 1 aliphatic carbocycles. The number of carbonyl (C=O) groups is 2. The summed E-state index contributed by atoms with van der Waals surface area (Å²) in [6.07, 6.45) is 5.03. The van der Waals surface area contributed by atoms with Gasteiger partial charge in [0.15, 0.2) is 0 Å². The summed E-state index contributed by atoms with van der Waals surface area (Å²) in [5.41, 5.74) is 0.515. The monoisotopic (exact) mass is 419 g/mol. The molecular formula is C18H24Cl3N3O2. The molecule has 3 rings (SSSR count). The van der Waals surface area contributed by atoms with Gasteiger partial charge in [0.25, 0.3) is 0 Å². The first-order valence-electron chi connectivity index (χ1n) is 8.80. The van der Waals surface area contributed by atoms with Crippen molar-refractivity contribution in [3.05, 3.63) is 28.2 Å². The fourth-order valence-corrected chi connectivity index (χ4v) is 3.57. The molecule has 0 aromatic heterocycles. The molecule has 2 aliphatic rings. The maximum absolute atomic E-state index is 12.7. The van der Waals surface area contributed by atoms with Gasteiger partial charge in [-0.05, 0) is 62.8 Å². The van der Waals surface area contributed by atoms with Crippen LogP contribution >= 0.6 is 35.6 Å². The zero-order chi connectivity index (χ0) is 17.8. The number of carbonyl (C=O) groups excluding carboxylic acids is 2. The maximum Gasteiger partial charge on any atom is 0.247 e. The molecule has 0 bridgehead atoms. The number of anilines is 1. The highest BCUT2D eigenvalue weighted by Crippen LogP contribution is 2.28. The van der Waals surface area contributed by atoms with Gasteiger partial charge in [-0.25, -0.2) is 0 Å². The highest BCUT2D eigenvalue weighted by molar-refractivity contribution is 6.36. The molecule has 2 amide bonds. The maximum atomic E-state index is 12.7. The topological polar surface area (TPSA) is 61.4 Å². The van der Waals surface area contributed by atoms with E-state index in [4.69, 9.17) is 23.2 Å². The summed E-state index contributed by atoms with van der Waals surface area (Å²) in [7, 11) is 0. The minimum Gasteiger partial charge on any atom is -0.330 e. The van der Waals surface area contributed by atoms with Gasteiger partial charge in [-0.15, -0.1) is 12.4 Å². The average molecular weight is 421 g/mol. The Hall–Kier alpha value is -1.01. The van der Waals surface area contributed by atoms with Crippen LogP contribution in [0.1, 0.15) is 32.1 Å². The molecule has 1 unspecified atom stereocenters. The standard InChI is InChI=1S/C18H23Cl2N3O2.ClH/c19-13-6-7-15(14(20)9-13)22-18(25)16-3-1-2-8-23(16)17(24)11-21-10-12-4-5-12;/h6-7,9,12,16,21H,1-5,8,10-11H2,(H,22,25);1H. The zero-order valence-corrected chi connectivity index (χ0v) is 16.8. The molecule has 1 saturated heterocycles. The SMILES string of the molecule is Cl.O=C(Nc1ccc(Cl)cc1Cl)C1CCCCN1C(=O)CNCC1CC1. The fourth-order valence-electron chi connectivity index (χ4n) is 3.12. The lowest BCUT2D eigenvalue weighted by Gasteiger charge is -2.35. The molecule has 144 valence electrons. The normalized spacial score (nSPS) is 19.6. The molecule has 2 N–H and O–H groups in total. The summed E-state index contributed by atoms with van der Waals surface area (Å²) in [4.78, 5) is 26.9. The van der Waals surface area contributed by atoms with Gasteiger partial charge >= 0.3 is 0 Å². The first-order chi connectivity index (χ1) is 12.0. The molecule has 1 aromatic rings. The Morgan fingerprint density at radius 2 is 1.92 bits per heavy atom. The third kappa shape index (κ3) is 5.74. The van der Waals surface area contributed by atoms with Gasteiger partial charge in [-0.1, -0.05) is 23.2 Å². The summed E-state index contributed by atoms with van der Waals surface area (Å²) in [5, 5.41) is 6.95. The van der Waals surface area contributed by atoms with Gasteiger partial charge in [0, 0.05) is 11.6 Å². The Balaban J connectivity index is 0.00000243. The van der Waals surface area contributed by atoms with Crippen LogP contribution in [0.4, 0.5) is 5.69 Å². The number of likely N-dealkylation sites (tertiary alicyclic amines) is 1. The summed E-state index contributed by atoms with van der Waals surface area (Å²) in [6, 6.07) is 4.49. The number of hydrogen-bond acceptors (Lipinski definition) is 3. The Bertz CT molecular complexity index is 653. The van der Waals surface area contributed by atoms with Crippen LogP contribution in [-0.2, 0) is 9.59 Å². The van der Waals surface area contributed by atoms with Gasteiger partial charge in [-0.2, -0.15) is 0 Å². The van der Waals surface area contributed by atoms with E-state index in [-0.39, 0.29) is 24.2 Å². The molecule has 26 heavy (non-hydrogen) atoms. The highest BCUT2D eigenvalue weighted by Gasteiger charge is 2.32. The third-order valence-electron chi connectivity index (χ3n) is 4.72. The number of nitrogens with zero attached hydrogens (tertiary/aromatic N) is 1. The van der Waals surface area contributed by atoms with Crippen molar-refractivity contribution in [1.29, 1.82) is 0 Å². The largest absolute Gasteiger partial charge is 0.330 e. The molecule has 8 heteroatoms. The number of rotatable bonds is 6. The molecule has 2 fully saturated rings. The van der Waals surface area contributed by atoms with Crippen LogP contribution in [-0.4, -0.2) is 42.4 Å². The van der Waals surface area contributed by atoms with Crippen molar-refractivity contribution < 1.29 is 9.59 Å². The van der Waals surface area contributed by atoms with Crippen LogP contribution in [0.5, 0.6) is 0 Å². The van der Waals surface area contributed by atoms with E-state index >= 15 is 0 Å². The van der Waals surface area contributed by atoms with Crippen LogP contribution in [0.2, 0.25) is 10.0 Å². The second-order valence-corrected chi connectivity index (χ2v) is 7.63. The van der Waals surface area contributed by atoms with Gasteiger partial charge in [0.05, 0.1) is 17.3 Å². The number of amides is 2. The number of nitrogens with one attached hydrogen (secondary N) is 2. The molecule has 1 atom stereocenters. The fraction of sp³-hybridized carbons (Fsp3) is 0.556.